The topological polar surface area (TPSA) is 168 Å². The third-order valence-electron chi connectivity index (χ3n) is 4.36. The monoisotopic (exact) mass is 420 g/mol. The van der Waals surface area contributed by atoms with Gasteiger partial charge in [0.15, 0.2) is 11.5 Å². The average Bonchev–Trinajstić information content (AvgIpc) is 2.72. The third-order valence-corrected chi connectivity index (χ3v) is 4.36. The third kappa shape index (κ3) is 4.11. The minimum atomic E-state index is -2.39. The molecule has 0 aliphatic rings. The molecular formula is C18H16N2O10. The molecule has 0 aliphatic carbocycles. The zero-order valence-electron chi connectivity index (χ0n) is 15.8. The number of methoxy groups -OCH3 is 2. The van der Waals surface area contributed by atoms with Crippen molar-refractivity contribution in [3.05, 3.63) is 67.8 Å². The summed E-state index contributed by atoms with van der Waals surface area (Å²) in [5, 5.41) is 32.3. The van der Waals surface area contributed by atoms with Gasteiger partial charge < -0.3 is 19.3 Å². The van der Waals surface area contributed by atoms with Gasteiger partial charge in [-0.3, -0.25) is 25.0 Å². The minimum Gasteiger partial charge on any atom is -0.493 e. The molecule has 2 aromatic rings. The van der Waals surface area contributed by atoms with E-state index in [0.29, 0.717) is 0 Å². The maximum absolute atomic E-state index is 12.2. The molecule has 12 nitrogen and oxygen atoms in total. The summed E-state index contributed by atoms with van der Waals surface area (Å²) >= 11 is 0. The van der Waals surface area contributed by atoms with Crippen LogP contribution in [0, 0.1) is 20.2 Å². The van der Waals surface area contributed by atoms with Crippen molar-refractivity contribution in [3.63, 3.8) is 0 Å². The van der Waals surface area contributed by atoms with Gasteiger partial charge in [0, 0.05) is 29.7 Å². The fraction of sp³-hybridized carbons (Fsp3) is 0.222. The summed E-state index contributed by atoms with van der Waals surface area (Å²) in [7, 11) is 2.56. The number of non-ortho nitro benzene ring substituents is 1. The lowest BCUT2D eigenvalue weighted by Gasteiger charge is -2.28. The normalized spacial score (nSPS) is 12.3. The molecule has 1 unspecified atom stereocenters. The Kier molecular flexibility index (Phi) is 6.52. The number of hydrogen-bond acceptors (Lipinski definition) is 9. The van der Waals surface area contributed by atoms with E-state index in [2.05, 4.69) is 0 Å². The molecule has 30 heavy (non-hydrogen) atoms. The molecule has 0 radical (unpaired) electrons. The van der Waals surface area contributed by atoms with Gasteiger partial charge in [0.05, 0.1) is 30.1 Å². The number of aliphatic carboxylic acids is 1. The molecule has 0 aliphatic heterocycles. The van der Waals surface area contributed by atoms with E-state index in [1.807, 2.05) is 0 Å². The van der Waals surface area contributed by atoms with Crippen LogP contribution in [-0.2, 0) is 26.3 Å². The lowest BCUT2D eigenvalue weighted by atomic mass is 9.86. The lowest BCUT2D eigenvalue weighted by molar-refractivity contribution is -0.385. The van der Waals surface area contributed by atoms with Crippen LogP contribution in [0.3, 0.4) is 0 Å². The second-order valence-electron chi connectivity index (χ2n) is 5.92. The Labute approximate surface area is 168 Å². The van der Waals surface area contributed by atoms with Crippen LogP contribution < -0.4 is 9.47 Å². The molecule has 158 valence electrons. The molecule has 0 heterocycles. The van der Waals surface area contributed by atoms with E-state index in [9.17, 15) is 34.9 Å². The number of nitro benzene ring substituents is 2. The van der Waals surface area contributed by atoms with Crippen LogP contribution >= 0.6 is 0 Å². The maximum Gasteiger partial charge on any atom is 0.353 e. The van der Waals surface area contributed by atoms with Crippen LogP contribution in [-0.4, -0.2) is 41.6 Å². The lowest BCUT2D eigenvalue weighted by Crippen LogP contribution is -2.41. The largest absolute Gasteiger partial charge is 0.493 e. The predicted octanol–water partition coefficient (Wildman–Crippen LogP) is 2.22. The van der Waals surface area contributed by atoms with Crippen molar-refractivity contribution in [2.75, 3.05) is 14.2 Å². The number of carbonyl (C=O) groups is 2. The molecular weight excluding hydrogens is 404 g/mol. The first-order valence-corrected chi connectivity index (χ1v) is 8.19. The average molecular weight is 420 g/mol. The minimum absolute atomic E-state index is 0.0421. The molecule has 12 heteroatoms. The number of carboxylic acid groups (broad SMARTS) is 1. The van der Waals surface area contributed by atoms with Crippen LogP contribution in [0.25, 0.3) is 0 Å². The van der Waals surface area contributed by atoms with Gasteiger partial charge in [0.2, 0.25) is 5.60 Å². The van der Waals surface area contributed by atoms with E-state index in [-0.39, 0.29) is 34.8 Å². The molecule has 2 rings (SSSR count). The number of hydrogen-bond donors (Lipinski definition) is 1. The molecule has 0 saturated heterocycles. The summed E-state index contributed by atoms with van der Waals surface area (Å²) in [6.07, 6.45) is -0.657. The molecule has 1 atom stereocenters. The van der Waals surface area contributed by atoms with Crippen molar-refractivity contribution in [1.82, 2.24) is 0 Å². The molecule has 0 bridgehead atoms. The summed E-state index contributed by atoms with van der Waals surface area (Å²) in [5.41, 5.74) is -3.45. The Hall–Kier alpha value is -4.22. The molecule has 0 amide bonds. The highest BCUT2D eigenvalue weighted by Crippen LogP contribution is 2.39. The fourth-order valence-electron chi connectivity index (χ4n) is 2.89. The van der Waals surface area contributed by atoms with Gasteiger partial charge in [-0.15, -0.1) is 0 Å². The standard InChI is InChI=1S/C18H16N2O10/c1-28-15-7-11(14(20(26)27)8-16(15)29-2)9-18(17(22)23,30-10-21)12-3-5-13(6-4-12)19(24)25/h3-8,10H,9H2,1-2H3,(H,22,23). The highest BCUT2D eigenvalue weighted by atomic mass is 16.6. The van der Waals surface area contributed by atoms with Crippen molar-refractivity contribution in [2.45, 2.75) is 12.0 Å². The van der Waals surface area contributed by atoms with Gasteiger partial charge in [-0.1, -0.05) is 0 Å². The Bertz CT molecular complexity index is 989. The number of ether oxygens (including phenoxy) is 3. The van der Waals surface area contributed by atoms with E-state index >= 15 is 0 Å². The van der Waals surface area contributed by atoms with Gasteiger partial charge in [-0.25, -0.2) is 4.79 Å². The summed E-state index contributed by atoms with van der Waals surface area (Å²) < 4.78 is 15.0. The predicted molar refractivity (Wildman–Crippen MR) is 99.5 cm³/mol. The van der Waals surface area contributed by atoms with E-state index < -0.39 is 33.5 Å². The van der Waals surface area contributed by atoms with Crippen LogP contribution in [0.2, 0.25) is 0 Å². The van der Waals surface area contributed by atoms with E-state index in [1.54, 1.807) is 0 Å². The highest BCUT2D eigenvalue weighted by Gasteiger charge is 2.45. The van der Waals surface area contributed by atoms with Gasteiger partial charge >= 0.3 is 5.97 Å². The number of carboxylic acids is 1. The van der Waals surface area contributed by atoms with Crippen LogP contribution in [0.4, 0.5) is 11.4 Å². The summed E-state index contributed by atoms with van der Waals surface area (Å²) in [6, 6.07) is 6.52. The highest BCUT2D eigenvalue weighted by molar-refractivity contribution is 5.82. The maximum atomic E-state index is 12.2. The van der Waals surface area contributed by atoms with Crippen LogP contribution in [0.5, 0.6) is 11.5 Å². The second-order valence-corrected chi connectivity index (χ2v) is 5.92. The zero-order valence-corrected chi connectivity index (χ0v) is 15.8. The molecule has 1 N–H and O–H groups in total. The van der Waals surface area contributed by atoms with Gasteiger partial charge in [-0.2, -0.15) is 0 Å². The number of nitro groups is 2. The van der Waals surface area contributed by atoms with Gasteiger partial charge in [-0.05, 0) is 18.2 Å². The first-order chi connectivity index (χ1) is 14.2. The first-order valence-electron chi connectivity index (χ1n) is 8.19. The van der Waals surface area contributed by atoms with Crippen LogP contribution in [0.15, 0.2) is 36.4 Å². The molecule has 0 fully saturated rings. The zero-order chi connectivity index (χ0) is 22.5. The fourth-order valence-corrected chi connectivity index (χ4v) is 2.89. The van der Waals surface area contributed by atoms with Crippen LogP contribution in [0.1, 0.15) is 11.1 Å². The Morgan fingerprint density at radius 3 is 2.07 bits per heavy atom. The van der Waals surface area contributed by atoms with E-state index in [4.69, 9.17) is 14.2 Å². The first kappa shape index (κ1) is 22.1. The Morgan fingerprint density at radius 2 is 1.63 bits per heavy atom. The summed E-state index contributed by atoms with van der Waals surface area (Å²) in [6.45, 7) is -0.109. The number of rotatable bonds is 10. The second kappa shape index (κ2) is 8.86. The van der Waals surface area contributed by atoms with Crippen molar-refractivity contribution < 1.29 is 38.8 Å². The van der Waals surface area contributed by atoms with E-state index in [0.717, 1.165) is 30.3 Å². The SMILES string of the molecule is COc1cc(CC(OC=O)(C(=O)O)c2ccc([N+](=O)[O-])cc2)c([N+](=O)[O-])cc1OC. The van der Waals surface area contributed by atoms with Crippen molar-refractivity contribution in [3.8, 4) is 11.5 Å². The molecule has 0 aromatic heterocycles. The van der Waals surface area contributed by atoms with E-state index in [1.165, 1.54) is 20.3 Å². The van der Waals surface area contributed by atoms with Crippen molar-refractivity contribution in [1.29, 1.82) is 0 Å². The number of carbonyl (C=O) groups excluding carboxylic acids is 1. The number of benzene rings is 2. The Balaban J connectivity index is 2.70. The number of nitrogens with zero attached hydrogens (tertiary/aromatic N) is 2. The quantitative estimate of drug-likeness (QED) is 0.341. The molecule has 0 spiro atoms. The van der Waals surface area contributed by atoms with Gasteiger partial charge in [0.1, 0.15) is 0 Å². The van der Waals surface area contributed by atoms with Crippen molar-refractivity contribution in [2.24, 2.45) is 0 Å². The summed E-state index contributed by atoms with van der Waals surface area (Å²) in [5.74, 6) is -1.50. The van der Waals surface area contributed by atoms with Crippen molar-refractivity contribution >= 4 is 23.8 Å². The van der Waals surface area contributed by atoms with Gasteiger partial charge in [0.25, 0.3) is 17.8 Å². The molecule has 0 saturated carbocycles. The molecule has 2 aromatic carbocycles. The Morgan fingerprint density at radius 1 is 1.07 bits per heavy atom. The smallest absolute Gasteiger partial charge is 0.353 e. The summed E-state index contributed by atoms with van der Waals surface area (Å²) in [4.78, 5) is 44.2.